The van der Waals surface area contributed by atoms with Crippen LogP contribution in [0, 0.1) is 13.8 Å². The van der Waals surface area contributed by atoms with E-state index in [9.17, 15) is 0 Å². The predicted octanol–water partition coefficient (Wildman–Crippen LogP) is 8.26. The third kappa shape index (κ3) is 11.5. The second-order valence-corrected chi connectivity index (χ2v) is 11.9. The molecule has 0 fully saturated rings. The van der Waals surface area contributed by atoms with Crippen LogP contribution >= 0.6 is 0 Å². The molecule has 3 nitrogen and oxygen atoms in total. The molecule has 35 heavy (non-hydrogen) atoms. The first-order chi connectivity index (χ1) is 16.3. The van der Waals surface area contributed by atoms with Crippen LogP contribution in [0.4, 0.5) is 5.69 Å². The van der Waals surface area contributed by atoms with Crippen molar-refractivity contribution in [2.75, 3.05) is 0 Å². The van der Waals surface area contributed by atoms with E-state index >= 15 is 0 Å². The van der Waals surface area contributed by atoms with Gasteiger partial charge in [-0.1, -0.05) is 26.0 Å². The molecule has 0 aliphatic heterocycles. The van der Waals surface area contributed by atoms with E-state index in [1.807, 2.05) is 26.0 Å². The molecular formula is C31H45MoN2O-. The number of hydrogen-bond acceptors (Lipinski definition) is 2. The van der Waals surface area contributed by atoms with Gasteiger partial charge >= 0.3 is 156 Å². The van der Waals surface area contributed by atoms with Gasteiger partial charge in [-0.3, -0.25) is 0 Å². The summed E-state index contributed by atoms with van der Waals surface area (Å²) in [6.45, 7) is 21.1. The predicted molar refractivity (Wildman–Crippen MR) is 149 cm³/mol. The molecule has 192 valence electrons. The quantitative estimate of drug-likeness (QED) is 0.321. The summed E-state index contributed by atoms with van der Waals surface area (Å²) in [5.74, 6) is 1.02. The summed E-state index contributed by atoms with van der Waals surface area (Å²) in [5.41, 5.74) is 7.69. The Bertz CT molecular complexity index is 1030. The van der Waals surface area contributed by atoms with E-state index in [1.54, 1.807) is 13.8 Å². The zero-order valence-corrected chi connectivity index (χ0v) is 25.3. The molecule has 4 heteroatoms. The van der Waals surface area contributed by atoms with E-state index in [4.69, 9.17) is 8.60 Å². The van der Waals surface area contributed by atoms with Crippen molar-refractivity contribution in [2.45, 2.75) is 92.6 Å². The number of benzene rings is 2. The maximum Gasteiger partial charge on any atom is -0.0607 e. The zero-order valence-electron chi connectivity index (χ0n) is 23.3. The molecule has 1 heterocycles. The molecule has 0 radical (unpaired) electrons. The topological polar surface area (TPSA) is 46.7 Å². The molecular weight excluding hydrogens is 512 g/mol. The van der Waals surface area contributed by atoms with Crippen molar-refractivity contribution in [1.82, 2.24) is 4.98 Å². The van der Waals surface area contributed by atoms with E-state index < -0.39 is 17.9 Å². The van der Waals surface area contributed by atoms with Crippen molar-refractivity contribution in [2.24, 2.45) is 3.50 Å². The molecule has 0 unspecified atom stereocenters. The van der Waals surface area contributed by atoms with Gasteiger partial charge in [0.1, 0.15) is 0 Å². The van der Waals surface area contributed by atoms with Crippen molar-refractivity contribution in [3.05, 3.63) is 88.7 Å². The van der Waals surface area contributed by atoms with Crippen molar-refractivity contribution in [1.29, 1.82) is 0 Å². The Kier molecular flexibility index (Phi) is 13.5. The normalized spacial score (nSPS) is 10.9. The zero-order chi connectivity index (χ0) is 26.6. The van der Waals surface area contributed by atoms with Crippen LogP contribution in [0.5, 0.6) is 0 Å². The SMILES string of the molecule is CC(C)O.CC(C)c1cccc(C(C)C)c1[N]=[Mo]=[CH]C(C)(C)c1ccccc1.Cc1ccc(C)[n-]1. The summed E-state index contributed by atoms with van der Waals surface area (Å²) in [6, 6.07) is 21.4. The summed E-state index contributed by atoms with van der Waals surface area (Å²) in [4.78, 5) is 4.11. The number of nitrogens with zero attached hydrogens (tertiary/aromatic N) is 2. The molecule has 0 saturated heterocycles. The Labute approximate surface area is 222 Å². The Morgan fingerprint density at radius 3 is 1.60 bits per heavy atom. The van der Waals surface area contributed by atoms with Crippen molar-refractivity contribution < 1.29 is 23.0 Å². The minimum atomic E-state index is -0.553. The summed E-state index contributed by atoms with van der Waals surface area (Å²) < 4.78 is 7.59. The van der Waals surface area contributed by atoms with Crippen molar-refractivity contribution >= 4 is 10.1 Å². The van der Waals surface area contributed by atoms with Crippen LogP contribution in [-0.2, 0) is 23.3 Å². The second kappa shape index (κ2) is 15.2. The molecule has 1 aromatic heterocycles. The van der Waals surface area contributed by atoms with E-state index in [-0.39, 0.29) is 11.5 Å². The Balaban J connectivity index is 0.000000458. The van der Waals surface area contributed by atoms with Crippen LogP contribution in [-0.4, -0.2) is 15.6 Å². The Hall–Kier alpha value is -1.96. The number of aliphatic hydroxyl groups excluding tert-OH is 1. The number of hydrogen-bond donors (Lipinski definition) is 1. The molecule has 3 aromatic rings. The molecule has 0 aliphatic carbocycles. The monoisotopic (exact) mass is 559 g/mol. The first-order valence-electron chi connectivity index (χ1n) is 12.5. The fourth-order valence-electron chi connectivity index (χ4n) is 3.36. The first kappa shape index (κ1) is 31.1. The molecule has 0 spiro atoms. The summed E-state index contributed by atoms with van der Waals surface area (Å²) >= 11 is -0.553. The minimum absolute atomic E-state index is 0.0811. The largest absolute Gasteiger partial charge is 0.665 e. The van der Waals surface area contributed by atoms with Crippen molar-refractivity contribution in [3.8, 4) is 0 Å². The van der Waals surface area contributed by atoms with Crippen LogP contribution in [0.3, 0.4) is 0 Å². The number of aromatic nitrogens is 1. The van der Waals surface area contributed by atoms with E-state index in [0.29, 0.717) is 11.8 Å². The molecule has 0 amide bonds. The van der Waals surface area contributed by atoms with Gasteiger partial charge in [-0.05, 0) is 13.8 Å². The van der Waals surface area contributed by atoms with Crippen LogP contribution < -0.4 is 4.98 Å². The molecule has 0 saturated carbocycles. The fraction of sp³-hybridized carbons (Fsp3) is 0.452. The molecule has 0 aliphatic rings. The van der Waals surface area contributed by atoms with Crippen LogP contribution in [0.2, 0.25) is 0 Å². The van der Waals surface area contributed by atoms with E-state index in [1.165, 1.54) is 22.4 Å². The molecule has 0 atom stereocenters. The van der Waals surface area contributed by atoms with Gasteiger partial charge < -0.3 is 10.1 Å². The van der Waals surface area contributed by atoms with Crippen LogP contribution in [0.15, 0.2) is 64.2 Å². The van der Waals surface area contributed by atoms with E-state index in [0.717, 1.165) is 11.4 Å². The summed E-state index contributed by atoms with van der Waals surface area (Å²) in [7, 11) is 0. The molecule has 2 aromatic carbocycles. The van der Waals surface area contributed by atoms with Gasteiger partial charge in [0.2, 0.25) is 0 Å². The van der Waals surface area contributed by atoms with Gasteiger partial charge in [0.25, 0.3) is 0 Å². The van der Waals surface area contributed by atoms with Gasteiger partial charge in [-0.25, -0.2) is 0 Å². The van der Waals surface area contributed by atoms with Gasteiger partial charge in [-0.2, -0.15) is 11.4 Å². The summed E-state index contributed by atoms with van der Waals surface area (Å²) in [5, 5.41) is 8.06. The van der Waals surface area contributed by atoms with Crippen LogP contribution in [0.25, 0.3) is 0 Å². The van der Waals surface area contributed by atoms with Crippen molar-refractivity contribution in [3.63, 3.8) is 0 Å². The summed E-state index contributed by atoms with van der Waals surface area (Å²) in [6.07, 6.45) is -0.167. The fourth-order valence-corrected chi connectivity index (χ4v) is 5.25. The molecule has 1 N–H and O–H groups in total. The number of aryl methyl sites for hydroxylation is 2. The maximum atomic E-state index is 8.06. The second-order valence-electron chi connectivity index (χ2n) is 10.3. The first-order valence-corrected chi connectivity index (χ1v) is 14.5. The average Bonchev–Trinajstić information content (AvgIpc) is 3.16. The standard InChI is InChI=1S/C12H17N.C10H12.C6H8N.C3H8O.Mo/c1-8(2)10-6-5-7-11(9(3)4)12(10)13;1-10(2,3)9-7-5-4-6-8-9;1-5-3-4-6(2)7-5;1-3(2)4;/h5-9H,1-4H3;1,4-8H,2-3H3;3-4H,1-2H3;3-4H,1-2H3;/q;;-1;;. The van der Waals surface area contributed by atoms with Gasteiger partial charge in [0.15, 0.2) is 0 Å². The molecule has 3 rings (SSSR count). The molecule has 0 bridgehead atoms. The third-order valence-corrected chi connectivity index (χ3v) is 7.69. The third-order valence-electron chi connectivity index (χ3n) is 5.27. The van der Waals surface area contributed by atoms with E-state index in [2.05, 4.69) is 99.5 Å². The number of rotatable bonds is 5. The van der Waals surface area contributed by atoms with Gasteiger partial charge in [-0.15, -0.1) is 0 Å². The van der Waals surface area contributed by atoms with Crippen LogP contribution in [0.1, 0.15) is 95.3 Å². The van der Waals surface area contributed by atoms with Gasteiger partial charge in [0, 0.05) is 6.10 Å². The minimum Gasteiger partial charge on any atom is -0.665 e. The van der Waals surface area contributed by atoms with Gasteiger partial charge in [0.05, 0.1) is 0 Å². The number of aliphatic hydroxyl groups is 1. The average molecular weight is 558 g/mol. The maximum absolute atomic E-state index is 8.06. The Morgan fingerprint density at radius 1 is 0.771 bits per heavy atom. The Morgan fingerprint density at radius 2 is 1.23 bits per heavy atom. The smallest absolute Gasteiger partial charge is 0.0607 e.